The Balaban J connectivity index is 3.35. The van der Waals surface area contributed by atoms with Crippen molar-refractivity contribution in [2.75, 3.05) is 6.61 Å². The van der Waals surface area contributed by atoms with E-state index in [9.17, 15) is 4.79 Å². The maximum Gasteiger partial charge on any atom is 0.505 e. The van der Waals surface area contributed by atoms with Crippen LogP contribution < -0.4 is 0 Å². The Morgan fingerprint density at radius 1 is 1.33 bits per heavy atom. The van der Waals surface area contributed by atoms with E-state index in [4.69, 9.17) is 16.7 Å². The molecule has 0 aliphatic rings. The zero-order chi connectivity index (χ0) is 11.9. The number of hydrogen-bond acceptors (Lipinski definition) is 2. The molecule has 0 rings (SSSR count). The number of ether oxygens (including phenoxy) is 1. The molecule has 15 heavy (non-hydrogen) atoms. The number of unbranched alkanes of at least 4 members (excludes halogenated alkanes) is 2. The predicted octanol–water partition coefficient (Wildman–Crippen LogP) is 3.89. The van der Waals surface area contributed by atoms with Gasteiger partial charge in [0.05, 0.1) is 6.61 Å². The van der Waals surface area contributed by atoms with Gasteiger partial charge in [-0.1, -0.05) is 33.6 Å². The highest BCUT2D eigenvalue weighted by Crippen LogP contribution is 2.28. The number of carboxylic acid groups (broad SMARTS) is 1. The van der Waals surface area contributed by atoms with Gasteiger partial charge in [-0.2, -0.15) is 0 Å². The summed E-state index contributed by atoms with van der Waals surface area (Å²) in [4.78, 5) is 10.0. The smallest absolute Gasteiger partial charge is 0.450 e. The summed E-state index contributed by atoms with van der Waals surface area (Å²) in [5.74, 6) is 0. The lowest BCUT2D eigenvalue weighted by Gasteiger charge is -2.24. The molecular weight excluding hydrogens is 216 g/mol. The van der Waals surface area contributed by atoms with E-state index in [1.54, 1.807) is 0 Å². The molecule has 4 heteroatoms. The summed E-state index contributed by atoms with van der Waals surface area (Å²) in [7, 11) is 0. The van der Waals surface area contributed by atoms with Crippen molar-refractivity contribution in [3.63, 3.8) is 0 Å². The minimum atomic E-state index is -1.19. The van der Waals surface area contributed by atoms with Gasteiger partial charge in [0.2, 0.25) is 0 Å². The molecule has 0 heterocycles. The third-order valence-corrected chi connectivity index (χ3v) is 3.14. The van der Waals surface area contributed by atoms with Crippen molar-refractivity contribution < 1.29 is 14.6 Å². The molecule has 0 aromatic carbocycles. The first kappa shape index (κ1) is 14.6. The molecule has 0 saturated heterocycles. The molecule has 0 aliphatic carbocycles. The monoisotopic (exact) mass is 236 g/mol. The van der Waals surface area contributed by atoms with Gasteiger partial charge in [-0.25, -0.2) is 4.79 Å². The number of alkyl halides is 1. The number of hydrogen-bond donors (Lipinski definition) is 1. The van der Waals surface area contributed by atoms with Crippen LogP contribution in [-0.2, 0) is 4.74 Å². The maximum absolute atomic E-state index is 10.0. The second-order valence-electron chi connectivity index (χ2n) is 4.80. The van der Waals surface area contributed by atoms with Crippen LogP contribution in [0.3, 0.4) is 0 Å². The molecule has 0 spiro atoms. The van der Waals surface area contributed by atoms with Crippen LogP contribution in [0.4, 0.5) is 4.79 Å². The lowest BCUT2D eigenvalue weighted by molar-refractivity contribution is 0.0899. The second-order valence-corrected chi connectivity index (χ2v) is 5.32. The van der Waals surface area contributed by atoms with Gasteiger partial charge in [0.25, 0.3) is 0 Å². The Labute approximate surface area is 96.8 Å². The van der Waals surface area contributed by atoms with Crippen molar-refractivity contribution in [1.29, 1.82) is 0 Å². The van der Waals surface area contributed by atoms with Crippen LogP contribution in [0.15, 0.2) is 0 Å². The van der Waals surface area contributed by atoms with E-state index in [1.165, 1.54) is 0 Å². The molecular formula is C11H21ClO3. The molecule has 0 saturated carbocycles. The van der Waals surface area contributed by atoms with Gasteiger partial charge < -0.3 is 9.84 Å². The molecule has 90 valence electrons. The minimum absolute atomic E-state index is 0.138. The Morgan fingerprint density at radius 2 is 1.93 bits per heavy atom. The van der Waals surface area contributed by atoms with Gasteiger partial charge in [0.15, 0.2) is 0 Å². The molecule has 0 amide bonds. The van der Waals surface area contributed by atoms with Crippen LogP contribution >= 0.6 is 11.6 Å². The molecule has 1 unspecified atom stereocenters. The molecule has 0 fully saturated rings. The minimum Gasteiger partial charge on any atom is -0.450 e. The van der Waals surface area contributed by atoms with Crippen molar-refractivity contribution in [1.82, 2.24) is 0 Å². The molecule has 0 aromatic heterocycles. The topological polar surface area (TPSA) is 46.5 Å². The highest BCUT2D eigenvalue weighted by Gasteiger charge is 2.21. The van der Waals surface area contributed by atoms with Gasteiger partial charge in [-0.05, 0) is 18.3 Å². The summed E-state index contributed by atoms with van der Waals surface area (Å²) < 4.78 is 4.40. The van der Waals surface area contributed by atoms with Crippen molar-refractivity contribution in [3.8, 4) is 0 Å². The molecule has 1 N–H and O–H groups in total. The summed E-state index contributed by atoms with van der Waals surface area (Å²) in [6.07, 6.45) is 2.54. The van der Waals surface area contributed by atoms with Crippen molar-refractivity contribution in [2.24, 2.45) is 5.41 Å². The first-order valence-electron chi connectivity index (χ1n) is 5.34. The molecule has 0 aliphatic heterocycles. The van der Waals surface area contributed by atoms with E-state index in [-0.39, 0.29) is 17.4 Å². The molecule has 1 atom stereocenters. The van der Waals surface area contributed by atoms with Crippen LogP contribution in [-0.4, -0.2) is 23.2 Å². The molecule has 0 bridgehead atoms. The fourth-order valence-corrected chi connectivity index (χ4v) is 1.35. The third kappa shape index (κ3) is 8.55. The van der Waals surface area contributed by atoms with Gasteiger partial charge >= 0.3 is 6.16 Å². The standard InChI is InChI=1S/C11H21ClO3/c1-11(2,3)9(12)7-5-4-6-8-15-10(13)14/h9H,4-8H2,1-3H3,(H,13,14). The van der Waals surface area contributed by atoms with E-state index in [0.29, 0.717) is 0 Å². The SMILES string of the molecule is CC(C)(C)C(Cl)CCCCCOC(=O)O. The lowest BCUT2D eigenvalue weighted by Crippen LogP contribution is -2.20. The van der Waals surface area contributed by atoms with E-state index < -0.39 is 6.16 Å². The zero-order valence-electron chi connectivity index (χ0n) is 9.75. The highest BCUT2D eigenvalue weighted by atomic mass is 35.5. The Morgan fingerprint density at radius 3 is 2.40 bits per heavy atom. The molecule has 0 radical (unpaired) electrons. The average Bonchev–Trinajstić information content (AvgIpc) is 2.08. The fourth-order valence-electron chi connectivity index (χ4n) is 1.19. The molecule has 3 nitrogen and oxygen atoms in total. The summed E-state index contributed by atoms with van der Waals surface area (Å²) in [5, 5.41) is 8.40. The van der Waals surface area contributed by atoms with Gasteiger partial charge in [0.1, 0.15) is 0 Å². The quantitative estimate of drug-likeness (QED) is 0.432. The van der Waals surface area contributed by atoms with Crippen molar-refractivity contribution in [2.45, 2.75) is 51.8 Å². The van der Waals surface area contributed by atoms with Crippen LogP contribution in [0.1, 0.15) is 46.5 Å². The zero-order valence-corrected chi connectivity index (χ0v) is 10.5. The van der Waals surface area contributed by atoms with Gasteiger partial charge in [-0.15, -0.1) is 11.6 Å². The lowest BCUT2D eigenvalue weighted by atomic mass is 9.89. The largest absolute Gasteiger partial charge is 0.505 e. The Bertz CT molecular complexity index is 187. The second kappa shape index (κ2) is 6.94. The third-order valence-electron chi connectivity index (χ3n) is 2.27. The van der Waals surface area contributed by atoms with Crippen LogP contribution in [0, 0.1) is 5.41 Å². The van der Waals surface area contributed by atoms with Crippen LogP contribution in [0.5, 0.6) is 0 Å². The molecule has 0 aromatic rings. The van der Waals surface area contributed by atoms with E-state index in [2.05, 4.69) is 25.5 Å². The fraction of sp³-hybridized carbons (Fsp3) is 0.909. The van der Waals surface area contributed by atoms with Crippen molar-refractivity contribution in [3.05, 3.63) is 0 Å². The van der Waals surface area contributed by atoms with E-state index in [1.807, 2.05) is 0 Å². The summed E-state index contributed by atoms with van der Waals surface area (Å²) in [6.45, 7) is 6.66. The predicted molar refractivity (Wildman–Crippen MR) is 61.5 cm³/mol. The number of halogens is 1. The van der Waals surface area contributed by atoms with Gasteiger partial charge in [0, 0.05) is 5.38 Å². The Hall–Kier alpha value is -0.440. The van der Waals surface area contributed by atoms with E-state index in [0.717, 1.165) is 25.7 Å². The number of rotatable bonds is 6. The van der Waals surface area contributed by atoms with Gasteiger partial charge in [-0.3, -0.25) is 0 Å². The maximum atomic E-state index is 10.0. The van der Waals surface area contributed by atoms with Crippen molar-refractivity contribution >= 4 is 17.8 Å². The first-order chi connectivity index (χ1) is 6.84. The summed E-state index contributed by atoms with van der Waals surface area (Å²) in [5.41, 5.74) is 0.138. The first-order valence-corrected chi connectivity index (χ1v) is 5.77. The Kier molecular flexibility index (Phi) is 6.73. The summed E-state index contributed by atoms with van der Waals surface area (Å²) >= 11 is 6.19. The normalized spacial score (nSPS) is 13.6. The summed E-state index contributed by atoms with van der Waals surface area (Å²) in [6, 6.07) is 0. The number of carbonyl (C=O) groups is 1. The average molecular weight is 237 g/mol. The van der Waals surface area contributed by atoms with E-state index >= 15 is 0 Å². The van der Waals surface area contributed by atoms with Crippen LogP contribution in [0.25, 0.3) is 0 Å². The van der Waals surface area contributed by atoms with Crippen LogP contribution in [0.2, 0.25) is 0 Å². The highest BCUT2D eigenvalue weighted by molar-refractivity contribution is 6.21.